The van der Waals surface area contributed by atoms with Gasteiger partial charge in [-0.1, -0.05) is 0 Å². The van der Waals surface area contributed by atoms with Crippen LogP contribution in [-0.4, -0.2) is 18.3 Å². The summed E-state index contributed by atoms with van der Waals surface area (Å²) in [6.45, 7) is 0. The molecule has 0 aromatic carbocycles. The van der Waals surface area contributed by atoms with Crippen LogP contribution >= 0.6 is 12.4 Å². The van der Waals surface area contributed by atoms with E-state index in [-0.39, 0.29) is 12.4 Å². The molecule has 0 saturated heterocycles. The maximum Gasteiger partial charge on any atom is -0.147 e. The first-order valence-electron chi connectivity index (χ1n) is 9.77. The molecule has 3 nitrogen and oxygen atoms in total. The topological polar surface area (TPSA) is 27.7 Å². The third-order valence-corrected chi connectivity index (χ3v) is 7.91. The van der Waals surface area contributed by atoms with Crippen molar-refractivity contribution >= 4 is 12.4 Å². The molecule has 23 heavy (non-hydrogen) atoms. The first kappa shape index (κ1) is 20.2. The Morgan fingerprint density at radius 3 is 0.957 bits per heavy atom. The van der Waals surface area contributed by atoms with E-state index >= 15 is 0 Å². The van der Waals surface area contributed by atoms with Crippen molar-refractivity contribution in [2.75, 3.05) is 0 Å². The summed E-state index contributed by atoms with van der Waals surface area (Å²) in [4.78, 5) is 0. The zero-order valence-electron chi connectivity index (χ0n) is 14.5. The molecular weight excluding hydrogens is 348 g/mol. The molecule has 0 heterocycles. The quantitative estimate of drug-likeness (QED) is 0.542. The van der Waals surface area contributed by atoms with Crippen molar-refractivity contribution in [2.24, 2.45) is 0 Å². The number of hydrogen-bond donors (Lipinski definition) is 0. The van der Waals surface area contributed by atoms with Crippen LogP contribution < -0.4 is 0 Å². The minimum atomic E-state index is -2.26. The third kappa shape index (κ3) is 7.34. The van der Waals surface area contributed by atoms with Crippen LogP contribution in [0.1, 0.15) is 96.3 Å². The molecule has 0 aromatic heterocycles. The molecule has 135 valence electrons. The van der Waals surface area contributed by atoms with Gasteiger partial charge in [0.25, 0.3) is 0 Å². The van der Waals surface area contributed by atoms with Gasteiger partial charge in [-0.3, -0.25) is 0 Å². The van der Waals surface area contributed by atoms with Crippen molar-refractivity contribution in [3.8, 4) is 0 Å². The molecule has 0 spiro atoms. The predicted octanol–water partition coefficient (Wildman–Crippen LogP) is 5.82. The van der Waals surface area contributed by atoms with Gasteiger partial charge in [-0.25, -0.2) is 0 Å². The van der Waals surface area contributed by atoms with Crippen LogP contribution in [0.25, 0.3) is 0 Å². The molecule has 0 atom stereocenters. The van der Waals surface area contributed by atoms with Crippen molar-refractivity contribution in [1.82, 2.24) is 0 Å². The van der Waals surface area contributed by atoms with Crippen LogP contribution in [0.2, 0.25) is 0 Å². The van der Waals surface area contributed by atoms with Crippen molar-refractivity contribution in [1.29, 1.82) is 0 Å². The molecule has 3 aliphatic rings. The van der Waals surface area contributed by atoms with Gasteiger partial charge in [-0.15, -0.1) is 12.4 Å². The maximum absolute atomic E-state index is 6.42. The summed E-state index contributed by atoms with van der Waals surface area (Å²) < 4.78 is 19.3. The first-order valence-corrected chi connectivity index (χ1v) is 11.7. The third-order valence-electron chi connectivity index (χ3n) is 5.45. The Bertz CT molecular complexity index is 253. The SMILES string of the molecule is C1CCC([O][Ti]([O]C2CCCCC2)[O]C2CCCCC2)CC1.Cl. The van der Waals surface area contributed by atoms with Crippen molar-refractivity contribution in [2.45, 2.75) is 115 Å². The van der Waals surface area contributed by atoms with E-state index in [0.717, 1.165) is 0 Å². The van der Waals surface area contributed by atoms with Crippen LogP contribution in [0.5, 0.6) is 0 Å². The molecule has 0 aliphatic heterocycles. The van der Waals surface area contributed by atoms with Crippen LogP contribution in [-0.2, 0) is 29.0 Å². The molecule has 3 saturated carbocycles. The van der Waals surface area contributed by atoms with Crippen molar-refractivity contribution < 1.29 is 29.0 Å². The van der Waals surface area contributed by atoms with Gasteiger partial charge in [-0.05, 0) is 0 Å². The van der Waals surface area contributed by atoms with Crippen LogP contribution in [0.3, 0.4) is 0 Å². The number of halogens is 1. The van der Waals surface area contributed by atoms with E-state index in [1.165, 1.54) is 96.3 Å². The van der Waals surface area contributed by atoms with Crippen molar-refractivity contribution in [3.63, 3.8) is 0 Å². The normalized spacial score (nSPS) is 25.0. The van der Waals surface area contributed by atoms with Gasteiger partial charge in [0.15, 0.2) is 0 Å². The minimum Gasteiger partial charge on any atom is -0.147 e. The van der Waals surface area contributed by atoms with Gasteiger partial charge >= 0.3 is 144 Å². The van der Waals surface area contributed by atoms with E-state index in [9.17, 15) is 0 Å². The zero-order valence-corrected chi connectivity index (χ0v) is 16.8. The van der Waals surface area contributed by atoms with Gasteiger partial charge in [-0.2, -0.15) is 0 Å². The van der Waals surface area contributed by atoms with E-state index in [2.05, 4.69) is 0 Å². The largest absolute Gasteiger partial charge is 0.147 e. The monoisotopic (exact) mass is 381 g/mol. The summed E-state index contributed by atoms with van der Waals surface area (Å²) in [5, 5.41) is 0. The summed E-state index contributed by atoms with van der Waals surface area (Å²) in [6, 6.07) is 0. The fourth-order valence-corrected chi connectivity index (χ4v) is 6.68. The smallest absolute Gasteiger partial charge is 0.147 e. The fourth-order valence-electron chi connectivity index (χ4n) is 4.04. The molecule has 5 heteroatoms. The maximum atomic E-state index is 6.42. The summed E-state index contributed by atoms with van der Waals surface area (Å²) in [7, 11) is 0. The minimum absolute atomic E-state index is 0. The summed E-state index contributed by atoms with van der Waals surface area (Å²) in [6.07, 6.45) is 20.7. The van der Waals surface area contributed by atoms with Gasteiger partial charge in [0.2, 0.25) is 0 Å². The van der Waals surface area contributed by atoms with E-state index in [4.69, 9.17) is 9.96 Å². The second-order valence-corrected chi connectivity index (χ2v) is 9.27. The Morgan fingerprint density at radius 1 is 0.435 bits per heavy atom. The summed E-state index contributed by atoms with van der Waals surface area (Å²) >= 11 is -2.26. The van der Waals surface area contributed by atoms with Crippen molar-refractivity contribution in [3.05, 3.63) is 0 Å². The number of rotatable bonds is 6. The molecule has 3 aliphatic carbocycles. The van der Waals surface area contributed by atoms with E-state index in [1.54, 1.807) is 0 Å². The molecule has 0 N–H and O–H groups in total. The Labute approximate surface area is 155 Å². The van der Waals surface area contributed by atoms with Gasteiger partial charge in [0, 0.05) is 0 Å². The molecule has 0 bridgehead atoms. The van der Waals surface area contributed by atoms with E-state index < -0.39 is 19.0 Å². The summed E-state index contributed by atoms with van der Waals surface area (Å²) in [5.74, 6) is 0. The first-order chi connectivity index (χ1) is 10.9. The average Bonchev–Trinajstić information content (AvgIpc) is 2.57. The van der Waals surface area contributed by atoms with E-state index in [1.807, 2.05) is 0 Å². The zero-order chi connectivity index (χ0) is 15.0. The van der Waals surface area contributed by atoms with Crippen LogP contribution in [0, 0.1) is 0 Å². The standard InChI is InChI=1S/3C6H11O.ClH.Ti/c3*7-6-4-2-1-3-5-6;;/h3*6H,1-5H2;1H;/q3*-1;;+3. The van der Waals surface area contributed by atoms with Gasteiger partial charge < -0.3 is 0 Å². The molecule has 0 amide bonds. The van der Waals surface area contributed by atoms with Gasteiger partial charge in [0.05, 0.1) is 0 Å². The Balaban J connectivity index is 0.00000192. The molecule has 3 fully saturated rings. The molecule has 3 rings (SSSR count). The predicted molar refractivity (Wildman–Crippen MR) is 91.1 cm³/mol. The molecule has 0 unspecified atom stereocenters. The average molecular weight is 382 g/mol. The van der Waals surface area contributed by atoms with E-state index in [0.29, 0.717) is 18.3 Å². The fraction of sp³-hybridized carbons (Fsp3) is 1.00. The molecule has 0 radical (unpaired) electrons. The molecular formula is C18H34ClO3Ti. The van der Waals surface area contributed by atoms with Gasteiger partial charge in [0.1, 0.15) is 0 Å². The molecule has 0 aromatic rings. The Morgan fingerprint density at radius 2 is 0.696 bits per heavy atom. The second-order valence-electron chi connectivity index (χ2n) is 7.38. The second kappa shape index (κ2) is 11.5. The van der Waals surface area contributed by atoms with Crippen LogP contribution in [0.4, 0.5) is 0 Å². The Hall–Kier alpha value is 0.884. The number of hydrogen-bond acceptors (Lipinski definition) is 3. The summed E-state index contributed by atoms with van der Waals surface area (Å²) in [5.41, 5.74) is 0. The Kier molecular flexibility index (Phi) is 10.1. The van der Waals surface area contributed by atoms with Crippen LogP contribution in [0.15, 0.2) is 0 Å².